The predicted molar refractivity (Wildman–Crippen MR) is 156 cm³/mol. The van der Waals surface area contributed by atoms with E-state index in [0.717, 1.165) is 0 Å². The van der Waals surface area contributed by atoms with Crippen LogP contribution in [-0.2, 0) is 24.0 Å². The molecule has 0 radical (unpaired) electrons. The number of benzene rings is 1. The third kappa shape index (κ3) is 8.82. The second kappa shape index (κ2) is 15.0. The number of nitrogens with one attached hydrogen (secondary N) is 7. The molecule has 1 aliphatic rings. The van der Waals surface area contributed by atoms with Crippen LogP contribution >= 0.6 is 0 Å². The predicted octanol–water partition coefficient (Wildman–Crippen LogP) is -0.455. The molecule has 0 aromatic heterocycles. The first-order valence-corrected chi connectivity index (χ1v) is 14.0. The van der Waals surface area contributed by atoms with Gasteiger partial charge in [-0.15, -0.1) is 0 Å². The summed E-state index contributed by atoms with van der Waals surface area (Å²) in [5.41, 5.74) is 4.46. The summed E-state index contributed by atoms with van der Waals surface area (Å²) in [6.07, 6.45) is 0.415. The minimum absolute atomic E-state index is 0.0370. The van der Waals surface area contributed by atoms with Crippen LogP contribution in [0.15, 0.2) is 24.3 Å². The highest BCUT2D eigenvalue weighted by Gasteiger charge is 2.40. The van der Waals surface area contributed by atoms with Crippen molar-refractivity contribution in [3.05, 3.63) is 29.8 Å². The van der Waals surface area contributed by atoms with Crippen LogP contribution in [0.4, 0.5) is 0 Å². The van der Waals surface area contributed by atoms with E-state index < -0.39 is 71.1 Å². The van der Waals surface area contributed by atoms with Crippen LogP contribution in [0.2, 0.25) is 0 Å². The molecule has 0 aliphatic carbocycles. The number of guanidine groups is 1. The number of nitrogens with two attached hydrogens (primary N) is 1. The molecule has 1 unspecified atom stereocenters. The third-order valence-corrected chi connectivity index (χ3v) is 7.12. The van der Waals surface area contributed by atoms with Crippen molar-refractivity contribution in [3.63, 3.8) is 0 Å². The van der Waals surface area contributed by atoms with E-state index in [9.17, 15) is 24.0 Å². The summed E-state index contributed by atoms with van der Waals surface area (Å²) in [6.45, 7) is 8.23. The number of hydrogen-bond donors (Lipinski definition) is 8. The Morgan fingerprint density at radius 3 is 2.38 bits per heavy atom. The highest BCUT2D eigenvalue weighted by atomic mass is 16.5. The van der Waals surface area contributed by atoms with Crippen LogP contribution in [0, 0.1) is 11.3 Å². The zero-order chi connectivity index (χ0) is 31.6. The fraction of sp³-hybridized carbons (Fsp3) is 0.571. The zero-order valence-electron chi connectivity index (χ0n) is 25.1. The first kappa shape index (κ1) is 33.8. The van der Waals surface area contributed by atoms with Gasteiger partial charge < -0.3 is 42.4 Å². The number of ether oxygens (including phenoxy) is 1. The van der Waals surface area contributed by atoms with Crippen molar-refractivity contribution in [2.45, 2.75) is 83.6 Å². The smallest absolute Gasteiger partial charge is 0.247 e. The summed E-state index contributed by atoms with van der Waals surface area (Å²) < 4.78 is 5.28. The minimum Gasteiger partial charge on any atom is -0.497 e. The third-order valence-electron chi connectivity index (χ3n) is 7.12. The van der Waals surface area contributed by atoms with E-state index in [1.807, 2.05) is 0 Å². The Bertz CT molecular complexity index is 1170. The molecule has 1 aromatic carbocycles. The van der Waals surface area contributed by atoms with Gasteiger partial charge in [-0.2, -0.15) is 0 Å². The maximum Gasteiger partial charge on any atom is 0.247 e. The summed E-state index contributed by atoms with van der Waals surface area (Å²) >= 11 is 0. The summed E-state index contributed by atoms with van der Waals surface area (Å²) in [4.78, 5) is 66.9. The quantitative estimate of drug-likeness (QED) is 0.146. The lowest BCUT2D eigenvalue weighted by Gasteiger charge is -2.35. The fourth-order valence-corrected chi connectivity index (χ4v) is 4.44. The number of carbonyl (C=O) groups is 5. The summed E-state index contributed by atoms with van der Waals surface area (Å²) in [5, 5.41) is 24.0. The molecule has 14 heteroatoms. The van der Waals surface area contributed by atoms with Crippen molar-refractivity contribution in [1.82, 2.24) is 31.9 Å². The van der Waals surface area contributed by atoms with Gasteiger partial charge in [-0.25, -0.2) is 0 Å². The van der Waals surface area contributed by atoms with E-state index in [4.69, 9.17) is 15.9 Å². The van der Waals surface area contributed by atoms with E-state index in [1.165, 1.54) is 14.0 Å². The monoisotopic (exact) mass is 588 g/mol. The van der Waals surface area contributed by atoms with Crippen molar-refractivity contribution >= 4 is 35.5 Å². The van der Waals surface area contributed by atoms with Gasteiger partial charge in [-0.3, -0.25) is 29.4 Å². The summed E-state index contributed by atoms with van der Waals surface area (Å²) in [7, 11) is 1.48. The lowest BCUT2D eigenvalue weighted by Crippen LogP contribution is -2.67. The molecule has 1 saturated heterocycles. The molecule has 1 fully saturated rings. The van der Waals surface area contributed by atoms with E-state index in [2.05, 4.69) is 31.9 Å². The molecule has 1 aliphatic heterocycles. The first-order valence-electron chi connectivity index (χ1n) is 14.0. The van der Waals surface area contributed by atoms with Crippen LogP contribution in [0.1, 0.15) is 65.5 Å². The average molecular weight is 589 g/mol. The molecule has 9 N–H and O–H groups in total. The van der Waals surface area contributed by atoms with Crippen molar-refractivity contribution in [2.24, 2.45) is 11.7 Å². The molecular formula is C28H44N8O6. The van der Waals surface area contributed by atoms with Gasteiger partial charge in [0, 0.05) is 12.5 Å². The molecule has 2 rings (SSSR count). The van der Waals surface area contributed by atoms with Gasteiger partial charge >= 0.3 is 0 Å². The molecule has 5 atom stereocenters. The Balaban J connectivity index is 2.59. The largest absolute Gasteiger partial charge is 0.497 e. The van der Waals surface area contributed by atoms with Gasteiger partial charge in [0.1, 0.15) is 29.4 Å². The molecule has 14 nitrogen and oxygen atoms in total. The Morgan fingerprint density at radius 1 is 1.12 bits per heavy atom. The molecule has 42 heavy (non-hydrogen) atoms. The SMILES string of the molecule is CCC(NC(=N)N)[C@@H]1NC(=O)[C@](C)(NC(=O)C(C)C)CCNC(=O)[C@@H](c2cccc(OC)c2)NC(=O)[C@H](CC)NC1=O. The lowest BCUT2D eigenvalue weighted by molar-refractivity contribution is -0.138. The molecule has 5 amide bonds. The fourth-order valence-electron chi connectivity index (χ4n) is 4.44. The van der Waals surface area contributed by atoms with Crippen LogP contribution in [-0.4, -0.2) is 72.8 Å². The van der Waals surface area contributed by atoms with Crippen molar-refractivity contribution in [1.29, 1.82) is 5.41 Å². The van der Waals surface area contributed by atoms with Crippen LogP contribution in [0.25, 0.3) is 0 Å². The van der Waals surface area contributed by atoms with Crippen LogP contribution in [0.3, 0.4) is 0 Å². The Morgan fingerprint density at radius 2 is 1.81 bits per heavy atom. The minimum atomic E-state index is -1.54. The molecule has 0 saturated carbocycles. The van der Waals surface area contributed by atoms with E-state index in [0.29, 0.717) is 11.3 Å². The molecule has 1 aromatic rings. The number of methoxy groups -OCH3 is 1. The Labute approximate surface area is 246 Å². The maximum atomic E-state index is 13.8. The van der Waals surface area contributed by atoms with Crippen molar-refractivity contribution in [2.75, 3.05) is 13.7 Å². The number of hydrogen-bond acceptors (Lipinski definition) is 7. The van der Waals surface area contributed by atoms with Gasteiger partial charge in [-0.1, -0.05) is 39.8 Å². The molecule has 0 bridgehead atoms. The number of rotatable bonds is 8. The molecule has 1 heterocycles. The topological polar surface area (TPSA) is 217 Å². The zero-order valence-corrected chi connectivity index (χ0v) is 25.1. The number of carbonyl (C=O) groups excluding carboxylic acids is 5. The van der Waals surface area contributed by atoms with Gasteiger partial charge in [0.15, 0.2) is 5.96 Å². The Hall–Kier alpha value is -4.36. The van der Waals surface area contributed by atoms with E-state index in [-0.39, 0.29) is 25.8 Å². The second-order valence-electron chi connectivity index (χ2n) is 10.7. The Kier molecular flexibility index (Phi) is 12.1. The van der Waals surface area contributed by atoms with Crippen LogP contribution < -0.4 is 42.4 Å². The molecule has 0 spiro atoms. The van der Waals surface area contributed by atoms with Gasteiger partial charge in [0.2, 0.25) is 29.5 Å². The summed E-state index contributed by atoms with van der Waals surface area (Å²) in [6, 6.07) is 2.35. The highest BCUT2D eigenvalue weighted by Crippen LogP contribution is 2.21. The van der Waals surface area contributed by atoms with E-state index in [1.54, 1.807) is 52.0 Å². The summed E-state index contributed by atoms with van der Waals surface area (Å²) in [5.74, 6) is -3.34. The first-order chi connectivity index (χ1) is 19.8. The molecule has 232 valence electrons. The van der Waals surface area contributed by atoms with E-state index >= 15 is 0 Å². The second-order valence-corrected chi connectivity index (χ2v) is 10.7. The normalized spacial score (nSPS) is 24.7. The van der Waals surface area contributed by atoms with Crippen LogP contribution in [0.5, 0.6) is 5.75 Å². The maximum absolute atomic E-state index is 13.8. The van der Waals surface area contributed by atoms with Crippen molar-refractivity contribution in [3.8, 4) is 5.75 Å². The standard InChI is InChI=1S/C28H44N8O6/c1-7-18(33-27(29)30)21-25(40)32-19(8-2)23(38)34-20(16-10-9-11-17(14-16)42-6)24(39)31-13-12-28(5,26(41)35-21)36-22(37)15(3)4/h9-11,14-15,18-21H,7-8,12-13H2,1-6H3,(H,31,39)(H,32,40)(H,34,38)(H,35,41)(H,36,37)(H4,29,30,33)/t18?,19-,20+,21-,28+/m0/s1. The van der Waals surface area contributed by atoms with Crippen molar-refractivity contribution < 1.29 is 28.7 Å². The molecular weight excluding hydrogens is 544 g/mol. The average Bonchev–Trinajstić information content (AvgIpc) is 2.94. The van der Waals surface area contributed by atoms with Gasteiger partial charge in [0.05, 0.1) is 13.2 Å². The van der Waals surface area contributed by atoms with Gasteiger partial charge in [-0.05, 0) is 43.9 Å². The van der Waals surface area contributed by atoms with Gasteiger partial charge in [0.25, 0.3) is 0 Å². The lowest BCUT2D eigenvalue weighted by atomic mass is 9.93. The number of amides is 5. The highest BCUT2D eigenvalue weighted by molar-refractivity contribution is 5.98.